The van der Waals surface area contributed by atoms with Crippen LogP contribution in [-0.2, 0) is 28.5 Å². The Balaban J connectivity index is 1.88. The number of rotatable bonds is 11. The number of thiol groups is 1. The lowest BCUT2D eigenvalue weighted by atomic mass is 9.89. The molecule has 0 spiro atoms. The summed E-state index contributed by atoms with van der Waals surface area (Å²) >= 11 is 4.38. The van der Waals surface area contributed by atoms with Gasteiger partial charge in [0.05, 0.1) is 50.2 Å². The number of amides is 1. The molecule has 41 heavy (non-hydrogen) atoms. The van der Waals surface area contributed by atoms with Gasteiger partial charge in [0.2, 0.25) is 5.91 Å². The van der Waals surface area contributed by atoms with Gasteiger partial charge in [-0.25, -0.2) is 0 Å². The van der Waals surface area contributed by atoms with Crippen molar-refractivity contribution in [2.45, 2.75) is 119 Å². The zero-order valence-electron chi connectivity index (χ0n) is 23.7. The van der Waals surface area contributed by atoms with E-state index >= 15 is 0 Å². The highest BCUT2D eigenvalue weighted by Gasteiger charge is 2.53. The van der Waals surface area contributed by atoms with Gasteiger partial charge in [0.25, 0.3) is 0 Å². The van der Waals surface area contributed by atoms with Crippen molar-refractivity contribution >= 4 is 18.5 Å². The molecule has 0 aromatic carbocycles. The summed E-state index contributed by atoms with van der Waals surface area (Å²) in [6, 6.07) is -2.90. The van der Waals surface area contributed by atoms with Crippen LogP contribution in [0.4, 0.5) is 0 Å². The van der Waals surface area contributed by atoms with Crippen LogP contribution < -0.4 is 16.4 Å². The average molecular weight is 614 g/mol. The molecule has 3 heterocycles. The van der Waals surface area contributed by atoms with Crippen LogP contribution in [0.3, 0.4) is 0 Å². The van der Waals surface area contributed by atoms with Crippen LogP contribution in [0.1, 0.15) is 27.7 Å². The molecule has 3 rings (SSSR count). The van der Waals surface area contributed by atoms with E-state index in [9.17, 15) is 35.4 Å². The second-order valence-electron chi connectivity index (χ2n) is 11.1. The first-order chi connectivity index (χ1) is 19.3. The Morgan fingerprint density at radius 2 is 1.39 bits per heavy atom. The number of carbonyl (C=O) groups excluding carboxylic acids is 1. The molecule has 0 bridgehead atoms. The van der Waals surface area contributed by atoms with Crippen LogP contribution in [0.25, 0.3) is 0 Å². The summed E-state index contributed by atoms with van der Waals surface area (Å²) in [4.78, 5) is 11.9. The largest absolute Gasteiger partial charge is 0.394 e. The highest BCUT2D eigenvalue weighted by Crippen LogP contribution is 2.33. The minimum atomic E-state index is -1.43. The highest BCUT2D eigenvalue weighted by molar-refractivity contribution is 7.80. The normalized spacial score (nSPS) is 46.2. The molecule has 3 aliphatic rings. The van der Waals surface area contributed by atoms with Gasteiger partial charge < -0.3 is 70.7 Å². The first-order valence-electron chi connectivity index (χ1n) is 13.9. The molecule has 16 heteroatoms. The number of aliphatic hydroxyl groups is 6. The summed E-state index contributed by atoms with van der Waals surface area (Å²) < 4.78 is 29.8. The first-order valence-corrected chi connectivity index (χ1v) is 14.4. The summed E-state index contributed by atoms with van der Waals surface area (Å²) in [6.45, 7) is 5.13. The van der Waals surface area contributed by atoms with E-state index in [0.29, 0.717) is 0 Å². The van der Waals surface area contributed by atoms with Crippen molar-refractivity contribution in [3.05, 3.63) is 0 Å². The second-order valence-corrected chi connectivity index (χ2v) is 12.0. The van der Waals surface area contributed by atoms with Gasteiger partial charge in [0.1, 0.15) is 42.7 Å². The Morgan fingerprint density at radius 3 is 1.93 bits per heavy atom. The number of nitrogens with two attached hydrogens (primary N) is 1. The molecule has 240 valence electrons. The summed E-state index contributed by atoms with van der Waals surface area (Å²) in [5.41, 5.74) is 6.07. The fourth-order valence-electron chi connectivity index (χ4n) is 5.46. The van der Waals surface area contributed by atoms with Crippen LogP contribution in [0.2, 0.25) is 0 Å². The molecule has 3 aliphatic heterocycles. The van der Waals surface area contributed by atoms with E-state index < -0.39 is 117 Å². The lowest BCUT2D eigenvalue weighted by molar-refractivity contribution is -0.344. The van der Waals surface area contributed by atoms with Crippen LogP contribution in [0.5, 0.6) is 0 Å². The van der Waals surface area contributed by atoms with E-state index in [1.165, 1.54) is 6.92 Å². The van der Waals surface area contributed by atoms with E-state index in [1.807, 2.05) is 6.92 Å². The van der Waals surface area contributed by atoms with Crippen molar-refractivity contribution in [2.75, 3.05) is 26.4 Å². The third-order valence-corrected chi connectivity index (χ3v) is 8.12. The van der Waals surface area contributed by atoms with Crippen LogP contribution in [0.15, 0.2) is 0 Å². The molecule has 10 N–H and O–H groups in total. The molecule has 1 amide bonds. The lowest BCUT2D eigenvalue weighted by Crippen LogP contribution is -2.70. The standard InChI is InChI=1S/C25H47N3O12S/c1-9(41)5-27-17-21(35)23(40-25-18(28-12(4)32)19(33)10(2)13(6-29)37-25)15(8-31)38-24(17)39-22-14(7-30)36-11(3)16(26)20(22)34/h9-11,13-25,27,29-31,33-35,41H,5-8,26H2,1-4H3,(H,28,32)/t9?,10-,11-,13?,14?,15?,16?,17?,18?,19-,20+,21+,22+,23+,24-,25-/m0/s1. The molecule has 16 atom stereocenters. The maximum atomic E-state index is 11.9. The number of ether oxygens (including phenoxy) is 5. The van der Waals surface area contributed by atoms with Gasteiger partial charge in [0.15, 0.2) is 12.6 Å². The number of hydrogen-bond donors (Lipinski definition) is 10. The van der Waals surface area contributed by atoms with Gasteiger partial charge in [-0.15, -0.1) is 0 Å². The van der Waals surface area contributed by atoms with Crippen molar-refractivity contribution in [3.8, 4) is 0 Å². The molecular formula is C25H47N3O12S. The van der Waals surface area contributed by atoms with E-state index in [2.05, 4.69) is 23.3 Å². The molecule has 15 nitrogen and oxygen atoms in total. The van der Waals surface area contributed by atoms with Gasteiger partial charge in [-0.2, -0.15) is 12.6 Å². The van der Waals surface area contributed by atoms with Crippen molar-refractivity contribution in [1.82, 2.24) is 10.6 Å². The van der Waals surface area contributed by atoms with Crippen LogP contribution in [0, 0.1) is 5.92 Å². The Morgan fingerprint density at radius 1 is 0.878 bits per heavy atom. The van der Waals surface area contributed by atoms with Gasteiger partial charge in [0, 0.05) is 24.6 Å². The first kappa shape index (κ1) is 34.8. The molecule has 0 aliphatic carbocycles. The van der Waals surface area contributed by atoms with Gasteiger partial charge >= 0.3 is 0 Å². The number of aliphatic hydroxyl groups excluding tert-OH is 6. The topological polar surface area (TPSA) is 235 Å². The van der Waals surface area contributed by atoms with Crippen molar-refractivity contribution in [1.29, 1.82) is 0 Å². The zero-order chi connectivity index (χ0) is 30.6. The predicted octanol–water partition coefficient (Wildman–Crippen LogP) is -4.20. The Hall–Kier alpha value is -0.700. The summed E-state index contributed by atoms with van der Waals surface area (Å²) in [5.74, 6) is -1.02. The lowest BCUT2D eigenvalue weighted by Gasteiger charge is -2.50. The molecule has 0 saturated carbocycles. The molecule has 3 saturated heterocycles. The summed E-state index contributed by atoms with van der Waals surface area (Å²) in [5, 5.41) is 68.7. The Bertz CT molecular complexity index is 831. The van der Waals surface area contributed by atoms with E-state index in [4.69, 9.17) is 29.4 Å². The maximum absolute atomic E-state index is 11.9. The third kappa shape index (κ3) is 8.07. The van der Waals surface area contributed by atoms with E-state index in [1.54, 1.807) is 13.8 Å². The highest BCUT2D eigenvalue weighted by atomic mass is 32.1. The minimum Gasteiger partial charge on any atom is -0.394 e. The Labute approximate surface area is 245 Å². The van der Waals surface area contributed by atoms with Crippen molar-refractivity contribution in [2.24, 2.45) is 11.7 Å². The fraction of sp³-hybridized carbons (Fsp3) is 0.960. The molecule has 0 aromatic rings. The number of nitrogens with one attached hydrogen (secondary N) is 2. The monoisotopic (exact) mass is 613 g/mol. The fourth-order valence-corrected chi connectivity index (χ4v) is 5.57. The van der Waals surface area contributed by atoms with Gasteiger partial charge in [-0.3, -0.25) is 4.79 Å². The predicted molar refractivity (Wildman–Crippen MR) is 146 cm³/mol. The quantitative estimate of drug-likeness (QED) is 0.0996. The number of carbonyl (C=O) groups is 1. The summed E-state index contributed by atoms with van der Waals surface area (Å²) in [6.07, 6.45) is -12.4. The summed E-state index contributed by atoms with van der Waals surface area (Å²) in [7, 11) is 0. The molecule has 0 aromatic heterocycles. The Kier molecular flexibility index (Phi) is 13.0. The SMILES string of the molecule is CC(=O)NC1[C@H](O[C@@H]2C(CO)O[C@@H](O[C@@H]3C(CO)O[C@@H](C)C(N)[C@H]3O)C(NCC(C)S)[C@H]2O)OC(CO)[C@H](C)[C@@H]1O. The minimum absolute atomic E-state index is 0.159. The van der Waals surface area contributed by atoms with E-state index in [0.717, 1.165) is 0 Å². The zero-order valence-corrected chi connectivity index (χ0v) is 24.6. The number of hydrogen-bond acceptors (Lipinski definition) is 15. The average Bonchev–Trinajstić information content (AvgIpc) is 2.92. The van der Waals surface area contributed by atoms with Crippen molar-refractivity contribution < 1.29 is 59.1 Å². The smallest absolute Gasteiger partial charge is 0.217 e. The van der Waals surface area contributed by atoms with Crippen LogP contribution in [-0.4, -0.2) is 154 Å². The van der Waals surface area contributed by atoms with E-state index in [-0.39, 0.29) is 11.8 Å². The molecule has 3 fully saturated rings. The third-order valence-electron chi connectivity index (χ3n) is 7.94. The molecule has 7 unspecified atom stereocenters. The molecule has 0 radical (unpaired) electrons. The van der Waals surface area contributed by atoms with Gasteiger partial charge in [-0.05, 0) is 6.92 Å². The van der Waals surface area contributed by atoms with Crippen LogP contribution >= 0.6 is 12.6 Å². The maximum Gasteiger partial charge on any atom is 0.217 e. The van der Waals surface area contributed by atoms with Crippen molar-refractivity contribution in [3.63, 3.8) is 0 Å². The second kappa shape index (κ2) is 15.3. The van der Waals surface area contributed by atoms with Gasteiger partial charge in [-0.1, -0.05) is 13.8 Å². The molecular weight excluding hydrogens is 566 g/mol.